The van der Waals surface area contributed by atoms with Gasteiger partial charge in [-0.05, 0) is 47.9 Å². The normalized spacial score (nSPS) is 14.6. The number of rotatable bonds is 9. The Kier molecular flexibility index (Phi) is 7.82. The third-order valence-corrected chi connectivity index (χ3v) is 6.61. The van der Waals surface area contributed by atoms with Crippen LogP contribution in [0.4, 0.5) is 11.4 Å². The Morgan fingerprint density at radius 3 is 2.40 bits per heavy atom. The number of hydrogen-bond donors (Lipinski definition) is 1. The van der Waals surface area contributed by atoms with Gasteiger partial charge in [-0.25, -0.2) is 0 Å². The van der Waals surface area contributed by atoms with Crippen LogP contribution in [0.3, 0.4) is 0 Å². The Hall–Kier alpha value is -5.05. The van der Waals surface area contributed by atoms with Gasteiger partial charge in [0.05, 0.1) is 25.8 Å². The third-order valence-electron chi connectivity index (χ3n) is 6.61. The fourth-order valence-electron chi connectivity index (χ4n) is 4.57. The van der Waals surface area contributed by atoms with Gasteiger partial charge < -0.3 is 29.2 Å². The van der Waals surface area contributed by atoms with E-state index in [1.165, 1.54) is 19.1 Å². The van der Waals surface area contributed by atoms with Gasteiger partial charge in [-0.15, -0.1) is 0 Å². The Labute approximate surface area is 231 Å². The van der Waals surface area contributed by atoms with E-state index in [1.807, 2.05) is 42.5 Å². The minimum absolute atomic E-state index is 0.00157. The number of carbonyl (C=O) groups is 3. The van der Waals surface area contributed by atoms with Crippen molar-refractivity contribution in [2.45, 2.75) is 6.42 Å². The lowest BCUT2D eigenvalue weighted by Gasteiger charge is -2.17. The average molecular weight is 541 g/mol. The second-order valence-corrected chi connectivity index (χ2v) is 9.20. The minimum atomic E-state index is -0.682. The van der Waals surface area contributed by atoms with Crippen molar-refractivity contribution in [2.75, 3.05) is 37.6 Å². The molecule has 1 heterocycles. The van der Waals surface area contributed by atoms with Gasteiger partial charge in [0.2, 0.25) is 5.91 Å². The molecule has 0 spiro atoms. The van der Waals surface area contributed by atoms with E-state index in [4.69, 9.17) is 18.9 Å². The first-order valence-electron chi connectivity index (χ1n) is 12.7. The lowest BCUT2D eigenvalue weighted by Crippen LogP contribution is -2.28. The zero-order chi connectivity index (χ0) is 28.1. The topological polar surface area (TPSA) is 103 Å². The summed E-state index contributed by atoms with van der Waals surface area (Å²) >= 11 is 0. The van der Waals surface area contributed by atoms with Crippen LogP contribution in [0.25, 0.3) is 10.8 Å². The molecule has 5 rings (SSSR count). The molecule has 0 aromatic heterocycles. The van der Waals surface area contributed by atoms with Crippen molar-refractivity contribution < 1.29 is 33.3 Å². The molecule has 9 heteroatoms. The van der Waals surface area contributed by atoms with E-state index in [9.17, 15) is 14.4 Å². The summed E-state index contributed by atoms with van der Waals surface area (Å²) in [6, 6.07) is 25.9. The number of benzene rings is 4. The second-order valence-electron chi connectivity index (χ2n) is 9.20. The zero-order valence-electron chi connectivity index (χ0n) is 22.1. The van der Waals surface area contributed by atoms with E-state index in [0.29, 0.717) is 28.6 Å². The SMILES string of the molecule is COc1ccc(OC)c(NC(=O)COC(=O)[C@H]2CC(=O)N(c3ccc(Oc4cccc5ccccc45)cc3)C2)c1. The molecule has 0 aliphatic carbocycles. The number of fused-ring (bicyclic) bond motifs is 1. The lowest BCUT2D eigenvalue weighted by molar-refractivity contribution is -0.151. The highest BCUT2D eigenvalue weighted by Crippen LogP contribution is 2.33. The van der Waals surface area contributed by atoms with Crippen LogP contribution in [0.2, 0.25) is 0 Å². The molecule has 1 saturated heterocycles. The van der Waals surface area contributed by atoms with Crippen molar-refractivity contribution in [3.8, 4) is 23.0 Å². The Bertz CT molecular complexity index is 1550. The molecule has 40 heavy (non-hydrogen) atoms. The smallest absolute Gasteiger partial charge is 0.311 e. The summed E-state index contributed by atoms with van der Waals surface area (Å²) in [5.74, 6) is 0.300. The Morgan fingerprint density at radius 2 is 1.62 bits per heavy atom. The Balaban J connectivity index is 1.16. The van der Waals surface area contributed by atoms with Crippen LogP contribution in [-0.2, 0) is 19.1 Å². The predicted octanol–water partition coefficient (Wildman–Crippen LogP) is 5.18. The van der Waals surface area contributed by atoms with Gasteiger partial charge in [0.15, 0.2) is 6.61 Å². The highest BCUT2D eigenvalue weighted by molar-refractivity contribution is 6.00. The molecule has 0 unspecified atom stereocenters. The van der Waals surface area contributed by atoms with Crippen molar-refractivity contribution in [3.05, 3.63) is 84.9 Å². The van der Waals surface area contributed by atoms with Crippen molar-refractivity contribution in [2.24, 2.45) is 5.92 Å². The van der Waals surface area contributed by atoms with Crippen LogP contribution >= 0.6 is 0 Å². The number of hydrogen-bond acceptors (Lipinski definition) is 7. The number of carbonyl (C=O) groups excluding carboxylic acids is 3. The van der Waals surface area contributed by atoms with E-state index in [0.717, 1.165) is 16.5 Å². The number of amides is 2. The predicted molar refractivity (Wildman–Crippen MR) is 150 cm³/mol. The molecule has 1 fully saturated rings. The number of anilines is 2. The summed E-state index contributed by atoms with van der Waals surface area (Å²) in [5, 5.41) is 4.73. The summed E-state index contributed by atoms with van der Waals surface area (Å²) in [7, 11) is 2.99. The maximum Gasteiger partial charge on any atom is 0.311 e. The molecule has 204 valence electrons. The van der Waals surface area contributed by atoms with E-state index >= 15 is 0 Å². The van der Waals surface area contributed by atoms with Gasteiger partial charge in [-0.1, -0.05) is 36.4 Å². The van der Waals surface area contributed by atoms with Crippen LogP contribution in [-0.4, -0.2) is 45.2 Å². The number of esters is 1. The van der Waals surface area contributed by atoms with Crippen LogP contribution in [0.15, 0.2) is 84.9 Å². The molecule has 0 bridgehead atoms. The van der Waals surface area contributed by atoms with E-state index in [-0.39, 0.29) is 18.9 Å². The molecule has 4 aromatic rings. The van der Waals surface area contributed by atoms with Crippen molar-refractivity contribution in [1.29, 1.82) is 0 Å². The fraction of sp³-hybridized carbons (Fsp3) is 0.194. The first-order chi connectivity index (χ1) is 19.4. The van der Waals surface area contributed by atoms with Gasteiger partial charge in [-0.3, -0.25) is 14.4 Å². The largest absolute Gasteiger partial charge is 0.497 e. The molecular weight excluding hydrogens is 512 g/mol. The molecule has 2 amide bonds. The summed E-state index contributed by atoms with van der Waals surface area (Å²) in [6.07, 6.45) is -0.00157. The standard InChI is InChI=1S/C31H28N2O7/c1-37-24-14-15-28(38-2)26(17-24)32-29(34)19-39-31(36)21-16-30(35)33(18-21)22-10-12-23(13-11-22)40-27-9-5-7-20-6-3-4-8-25(20)27/h3-15,17,21H,16,18-19H2,1-2H3,(H,32,34)/t21-/m0/s1. The van der Waals surface area contributed by atoms with Gasteiger partial charge in [0.1, 0.15) is 23.0 Å². The lowest BCUT2D eigenvalue weighted by atomic mass is 10.1. The summed E-state index contributed by atoms with van der Waals surface area (Å²) in [5.41, 5.74) is 1.03. The molecule has 0 saturated carbocycles. The minimum Gasteiger partial charge on any atom is -0.497 e. The fourth-order valence-corrected chi connectivity index (χ4v) is 4.57. The number of nitrogens with one attached hydrogen (secondary N) is 1. The number of methoxy groups -OCH3 is 2. The van der Waals surface area contributed by atoms with Crippen LogP contribution in [0, 0.1) is 5.92 Å². The third kappa shape index (κ3) is 5.83. The average Bonchev–Trinajstić information content (AvgIpc) is 3.38. The van der Waals surface area contributed by atoms with Crippen molar-refractivity contribution in [1.82, 2.24) is 0 Å². The number of nitrogens with zero attached hydrogens (tertiary/aromatic N) is 1. The zero-order valence-corrected chi connectivity index (χ0v) is 22.1. The maximum absolute atomic E-state index is 12.7. The van der Waals surface area contributed by atoms with Crippen LogP contribution in [0.5, 0.6) is 23.0 Å². The molecule has 1 atom stereocenters. The molecule has 1 N–H and O–H groups in total. The first kappa shape index (κ1) is 26.6. The quantitative estimate of drug-likeness (QED) is 0.292. The summed E-state index contributed by atoms with van der Waals surface area (Å²) < 4.78 is 21.7. The summed E-state index contributed by atoms with van der Waals surface area (Å²) in [6.45, 7) is -0.337. The van der Waals surface area contributed by atoms with E-state index in [1.54, 1.807) is 42.5 Å². The van der Waals surface area contributed by atoms with Crippen LogP contribution < -0.4 is 24.4 Å². The van der Waals surface area contributed by atoms with Gasteiger partial charge in [0.25, 0.3) is 5.91 Å². The highest BCUT2D eigenvalue weighted by Gasteiger charge is 2.36. The molecule has 1 aliphatic rings. The van der Waals surface area contributed by atoms with Gasteiger partial charge >= 0.3 is 5.97 Å². The van der Waals surface area contributed by atoms with E-state index in [2.05, 4.69) is 5.32 Å². The highest BCUT2D eigenvalue weighted by atomic mass is 16.5. The molecule has 9 nitrogen and oxygen atoms in total. The van der Waals surface area contributed by atoms with Crippen molar-refractivity contribution >= 4 is 39.9 Å². The van der Waals surface area contributed by atoms with Crippen molar-refractivity contribution in [3.63, 3.8) is 0 Å². The molecule has 1 aliphatic heterocycles. The monoisotopic (exact) mass is 540 g/mol. The maximum atomic E-state index is 12.7. The molecule has 4 aromatic carbocycles. The molecular formula is C31H28N2O7. The van der Waals surface area contributed by atoms with Gasteiger partial charge in [-0.2, -0.15) is 0 Å². The number of ether oxygens (including phenoxy) is 4. The second kappa shape index (κ2) is 11.8. The summed E-state index contributed by atoms with van der Waals surface area (Å²) in [4.78, 5) is 39.3. The van der Waals surface area contributed by atoms with Gasteiger partial charge in [0, 0.05) is 30.1 Å². The first-order valence-corrected chi connectivity index (χ1v) is 12.7. The van der Waals surface area contributed by atoms with Crippen LogP contribution in [0.1, 0.15) is 6.42 Å². The molecule has 0 radical (unpaired) electrons. The van der Waals surface area contributed by atoms with E-state index < -0.39 is 24.4 Å². The Morgan fingerprint density at radius 1 is 0.875 bits per heavy atom.